The molecule has 1 N–H and O–H groups in total. The average molecular weight is 327 g/mol. The van der Waals surface area contributed by atoms with Crippen molar-refractivity contribution < 1.29 is 19.1 Å². The molecule has 0 spiro atoms. The van der Waals surface area contributed by atoms with Gasteiger partial charge in [-0.25, -0.2) is 0 Å². The molecule has 0 aromatic heterocycles. The van der Waals surface area contributed by atoms with Crippen LogP contribution < -0.4 is 14.8 Å². The number of carbonyl (C=O) groups is 2. The van der Waals surface area contributed by atoms with Gasteiger partial charge >= 0.3 is 5.97 Å². The van der Waals surface area contributed by atoms with E-state index in [0.29, 0.717) is 11.4 Å². The van der Waals surface area contributed by atoms with Gasteiger partial charge in [-0.15, -0.1) is 0 Å². The minimum absolute atomic E-state index is 0.150. The molecule has 24 heavy (non-hydrogen) atoms. The molecule has 5 heteroatoms. The molecule has 0 atom stereocenters. The van der Waals surface area contributed by atoms with Crippen LogP contribution in [0.1, 0.15) is 24.5 Å². The molecule has 2 aromatic carbocycles. The molecule has 126 valence electrons. The van der Waals surface area contributed by atoms with E-state index in [1.165, 1.54) is 6.92 Å². The van der Waals surface area contributed by atoms with Crippen molar-refractivity contribution in [3.8, 4) is 11.5 Å². The summed E-state index contributed by atoms with van der Waals surface area (Å²) < 4.78 is 10.9. The molecule has 0 fully saturated rings. The highest BCUT2D eigenvalue weighted by Gasteiger charge is 2.07. The first-order chi connectivity index (χ1) is 11.5. The topological polar surface area (TPSA) is 64.6 Å². The van der Waals surface area contributed by atoms with Crippen LogP contribution in [0, 0.1) is 13.8 Å². The van der Waals surface area contributed by atoms with Gasteiger partial charge in [-0.2, -0.15) is 0 Å². The zero-order chi connectivity index (χ0) is 17.5. The second-order valence-electron chi connectivity index (χ2n) is 5.48. The molecule has 0 saturated heterocycles. The third-order valence-corrected chi connectivity index (χ3v) is 3.53. The second-order valence-corrected chi connectivity index (χ2v) is 5.48. The zero-order valence-corrected chi connectivity index (χ0v) is 14.1. The predicted octanol–water partition coefficient (Wildman–Crippen LogP) is 3.64. The Kier molecular flexibility index (Phi) is 5.95. The quantitative estimate of drug-likeness (QED) is 0.650. The van der Waals surface area contributed by atoms with Crippen molar-refractivity contribution in [2.75, 3.05) is 11.9 Å². The lowest BCUT2D eigenvalue weighted by atomic mass is 10.1. The highest BCUT2D eigenvalue weighted by atomic mass is 16.5. The van der Waals surface area contributed by atoms with Crippen LogP contribution in [-0.2, 0) is 9.59 Å². The van der Waals surface area contributed by atoms with Crippen LogP contribution in [0.4, 0.5) is 5.69 Å². The highest BCUT2D eigenvalue weighted by molar-refractivity contribution is 5.88. The first-order valence-corrected chi connectivity index (χ1v) is 7.73. The molecule has 0 radical (unpaired) electrons. The van der Waals surface area contributed by atoms with Gasteiger partial charge in [-0.3, -0.25) is 9.59 Å². The van der Waals surface area contributed by atoms with Gasteiger partial charge in [0, 0.05) is 12.6 Å². The predicted molar refractivity (Wildman–Crippen MR) is 92.4 cm³/mol. The van der Waals surface area contributed by atoms with Crippen LogP contribution in [0.15, 0.2) is 42.5 Å². The van der Waals surface area contributed by atoms with Crippen LogP contribution in [0.3, 0.4) is 0 Å². The first kappa shape index (κ1) is 17.5. The van der Waals surface area contributed by atoms with E-state index >= 15 is 0 Å². The second kappa shape index (κ2) is 8.15. The monoisotopic (exact) mass is 327 g/mol. The van der Waals surface area contributed by atoms with Gasteiger partial charge in [-0.1, -0.05) is 12.1 Å². The number of carbonyl (C=O) groups excluding carboxylic acids is 2. The maximum Gasteiger partial charge on any atom is 0.314 e. The molecule has 1 amide bonds. The minimum Gasteiger partial charge on any atom is -0.493 e. The lowest BCUT2D eigenvalue weighted by molar-refractivity contribution is -0.134. The number of aryl methyl sites for hydroxylation is 1. The highest BCUT2D eigenvalue weighted by Crippen LogP contribution is 2.21. The van der Waals surface area contributed by atoms with Crippen LogP contribution >= 0.6 is 0 Å². The largest absolute Gasteiger partial charge is 0.493 e. The Balaban J connectivity index is 1.81. The summed E-state index contributed by atoms with van der Waals surface area (Å²) in [5.41, 5.74) is 2.87. The maximum absolute atomic E-state index is 11.8. The smallest absolute Gasteiger partial charge is 0.314 e. The number of benzene rings is 2. The Morgan fingerprint density at radius 2 is 1.75 bits per heavy atom. The van der Waals surface area contributed by atoms with Crippen LogP contribution in [-0.4, -0.2) is 18.5 Å². The van der Waals surface area contributed by atoms with Gasteiger partial charge in [0.15, 0.2) is 0 Å². The summed E-state index contributed by atoms with van der Waals surface area (Å²) in [6, 6.07) is 12.4. The zero-order valence-electron chi connectivity index (χ0n) is 14.1. The van der Waals surface area contributed by atoms with E-state index < -0.39 is 0 Å². The SMILES string of the molecule is CC(=O)Nc1ccc(OC(=O)CCOc2cccc(C)c2C)cc1. The molecule has 0 bridgehead atoms. The number of rotatable bonds is 6. The molecule has 5 nitrogen and oxygen atoms in total. The third-order valence-electron chi connectivity index (χ3n) is 3.53. The van der Waals surface area contributed by atoms with Crippen molar-refractivity contribution in [2.45, 2.75) is 27.2 Å². The van der Waals surface area contributed by atoms with E-state index in [1.54, 1.807) is 24.3 Å². The number of anilines is 1. The van der Waals surface area contributed by atoms with Crippen LogP contribution in [0.25, 0.3) is 0 Å². The Labute approximate surface area is 141 Å². The molecule has 0 aliphatic carbocycles. The Bertz CT molecular complexity index is 723. The molecule has 0 aliphatic rings. The Morgan fingerprint density at radius 1 is 1.04 bits per heavy atom. The van der Waals surface area contributed by atoms with E-state index in [4.69, 9.17) is 9.47 Å². The summed E-state index contributed by atoms with van der Waals surface area (Å²) in [6.45, 7) is 5.69. The van der Waals surface area contributed by atoms with E-state index in [1.807, 2.05) is 32.0 Å². The van der Waals surface area contributed by atoms with Crippen molar-refractivity contribution in [1.29, 1.82) is 0 Å². The molecule has 2 rings (SSSR count). The van der Waals surface area contributed by atoms with Gasteiger partial charge in [0.1, 0.15) is 11.5 Å². The summed E-state index contributed by atoms with van der Waals surface area (Å²) in [4.78, 5) is 22.8. The minimum atomic E-state index is -0.368. The van der Waals surface area contributed by atoms with Gasteiger partial charge in [0.25, 0.3) is 0 Å². The first-order valence-electron chi connectivity index (χ1n) is 7.73. The fraction of sp³-hybridized carbons (Fsp3) is 0.263. The van der Waals surface area contributed by atoms with Gasteiger partial charge in [-0.05, 0) is 55.3 Å². The van der Waals surface area contributed by atoms with Crippen molar-refractivity contribution in [3.05, 3.63) is 53.6 Å². The van der Waals surface area contributed by atoms with Crippen molar-refractivity contribution in [1.82, 2.24) is 0 Å². The Morgan fingerprint density at radius 3 is 2.42 bits per heavy atom. The van der Waals surface area contributed by atoms with Crippen LogP contribution in [0.2, 0.25) is 0 Å². The summed E-state index contributed by atoms with van der Waals surface area (Å²) in [5.74, 6) is 0.694. The van der Waals surface area contributed by atoms with Crippen molar-refractivity contribution in [2.24, 2.45) is 0 Å². The molecule has 0 aliphatic heterocycles. The summed E-state index contributed by atoms with van der Waals surface area (Å²) in [6.07, 6.45) is 0.154. The number of hydrogen-bond acceptors (Lipinski definition) is 4. The van der Waals surface area contributed by atoms with Gasteiger partial charge in [0.2, 0.25) is 5.91 Å². The normalized spacial score (nSPS) is 10.1. The fourth-order valence-corrected chi connectivity index (χ4v) is 2.12. The summed E-state index contributed by atoms with van der Waals surface area (Å²) in [5, 5.41) is 2.65. The standard InChI is InChI=1S/C19H21NO4/c1-13-5-4-6-18(14(13)2)23-12-11-19(22)24-17-9-7-16(8-10-17)20-15(3)21/h4-10H,11-12H2,1-3H3,(H,20,21). The number of esters is 1. The third kappa shape index (κ3) is 5.12. The molecular weight excluding hydrogens is 306 g/mol. The summed E-state index contributed by atoms with van der Waals surface area (Å²) >= 11 is 0. The molecular formula is C19H21NO4. The lowest BCUT2D eigenvalue weighted by Crippen LogP contribution is -2.13. The van der Waals surface area contributed by atoms with E-state index in [0.717, 1.165) is 16.9 Å². The number of ether oxygens (including phenoxy) is 2. The van der Waals surface area contributed by atoms with Gasteiger partial charge in [0.05, 0.1) is 13.0 Å². The molecule has 2 aromatic rings. The Hall–Kier alpha value is -2.82. The van der Waals surface area contributed by atoms with Crippen molar-refractivity contribution in [3.63, 3.8) is 0 Å². The lowest BCUT2D eigenvalue weighted by Gasteiger charge is -2.10. The van der Waals surface area contributed by atoms with E-state index in [2.05, 4.69) is 5.32 Å². The van der Waals surface area contributed by atoms with Crippen molar-refractivity contribution >= 4 is 17.6 Å². The van der Waals surface area contributed by atoms with E-state index in [-0.39, 0.29) is 24.9 Å². The number of amides is 1. The average Bonchev–Trinajstić information content (AvgIpc) is 2.53. The van der Waals surface area contributed by atoms with Gasteiger partial charge < -0.3 is 14.8 Å². The van der Waals surface area contributed by atoms with E-state index in [9.17, 15) is 9.59 Å². The number of nitrogens with one attached hydrogen (secondary N) is 1. The molecule has 0 unspecified atom stereocenters. The summed E-state index contributed by atoms with van der Waals surface area (Å²) in [7, 11) is 0. The van der Waals surface area contributed by atoms with Crippen LogP contribution in [0.5, 0.6) is 11.5 Å². The fourth-order valence-electron chi connectivity index (χ4n) is 2.12. The molecule has 0 heterocycles. The maximum atomic E-state index is 11.8. The number of hydrogen-bond donors (Lipinski definition) is 1. The molecule has 0 saturated carbocycles.